The van der Waals surface area contributed by atoms with Crippen molar-refractivity contribution in [1.82, 2.24) is 0 Å². The maximum Gasteiger partial charge on any atom is 0.335 e. The van der Waals surface area contributed by atoms with Gasteiger partial charge >= 0.3 is 5.97 Å². The average Bonchev–Trinajstić information content (AvgIpc) is 2.43. The van der Waals surface area contributed by atoms with Crippen LogP contribution in [0, 0.1) is 12.7 Å². The third-order valence-corrected chi connectivity index (χ3v) is 3.40. The molecule has 1 amide bonds. The molecule has 0 saturated heterocycles. The number of hydrogen-bond acceptors (Lipinski definition) is 2. The van der Waals surface area contributed by atoms with E-state index in [2.05, 4.69) is 21.2 Å². The van der Waals surface area contributed by atoms with Crippen LogP contribution in [0.5, 0.6) is 0 Å². The van der Waals surface area contributed by atoms with Crippen LogP contribution in [0.4, 0.5) is 10.1 Å². The predicted molar refractivity (Wildman–Crippen MR) is 80.2 cm³/mol. The maximum atomic E-state index is 13.7. The largest absolute Gasteiger partial charge is 0.478 e. The lowest BCUT2D eigenvalue weighted by atomic mass is 10.1. The van der Waals surface area contributed by atoms with Crippen molar-refractivity contribution in [3.63, 3.8) is 0 Å². The van der Waals surface area contributed by atoms with E-state index in [9.17, 15) is 14.0 Å². The number of carboxylic acid groups (broad SMARTS) is 1. The van der Waals surface area contributed by atoms with Crippen molar-refractivity contribution in [1.29, 1.82) is 0 Å². The van der Waals surface area contributed by atoms with E-state index in [4.69, 9.17) is 5.11 Å². The highest BCUT2D eigenvalue weighted by molar-refractivity contribution is 9.10. The van der Waals surface area contributed by atoms with Crippen LogP contribution in [0.1, 0.15) is 26.3 Å². The summed E-state index contributed by atoms with van der Waals surface area (Å²) < 4.78 is 14.2. The number of aromatic carboxylic acids is 1. The van der Waals surface area contributed by atoms with Crippen LogP contribution >= 0.6 is 15.9 Å². The molecule has 0 saturated carbocycles. The van der Waals surface area contributed by atoms with Crippen molar-refractivity contribution in [3.05, 3.63) is 63.4 Å². The lowest BCUT2D eigenvalue weighted by molar-refractivity contribution is 0.0696. The number of rotatable bonds is 3. The van der Waals surface area contributed by atoms with Crippen LogP contribution in [0.25, 0.3) is 0 Å². The first-order valence-corrected chi connectivity index (χ1v) is 6.78. The third kappa shape index (κ3) is 3.46. The van der Waals surface area contributed by atoms with E-state index >= 15 is 0 Å². The molecule has 2 aromatic rings. The van der Waals surface area contributed by atoms with Crippen molar-refractivity contribution < 1.29 is 19.1 Å². The molecule has 21 heavy (non-hydrogen) atoms. The minimum atomic E-state index is -1.10. The first kappa shape index (κ1) is 15.2. The highest BCUT2D eigenvalue weighted by Gasteiger charge is 2.14. The van der Waals surface area contributed by atoms with E-state index in [1.165, 1.54) is 30.3 Å². The average molecular weight is 352 g/mol. The molecule has 0 heterocycles. The second-order valence-corrected chi connectivity index (χ2v) is 5.33. The molecule has 108 valence electrons. The number of halogens is 2. The van der Waals surface area contributed by atoms with Crippen molar-refractivity contribution >= 4 is 33.5 Å². The number of carbonyl (C=O) groups is 2. The standard InChI is InChI=1S/C15H11BrFNO3/c1-8-2-3-9(15(20)21)6-13(8)18-14(19)11-7-10(16)4-5-12(11)17/h2-7H,1H3,(H,18,19)(H,20,21). The highest BCUT2D eigenvalue weighted by Crippen LogP contribution is 2.20. The molecule has 0 spiro atoms. The predicted octanol–water partition coefficient (Wildman–Crippen LogP) is 3.85. The van der Waals surface area contributed by atoms with Gasteiger partial charge in [0.15, 0.2) is 0 Å². The summed E-state index contributed by atoms with van der Waals surface area (Å²) in [6, 6.07) is 8.39. The zero-order chi connectivity index (χ0) is 15.6. The summed E-state index contributed by atoms with van der Waals surface area (Å²) in [6.07, 6.45) is 0. The quantitative estimate of drug-likeness (QED) is 0.882. The number of anilines is 1. The molecule has 0 aliphatic rings. The summed E-state index contributed by atoms with van der Waals surface area (Å²) in [7, 11) is 0. The number of benzene rings is 2. The van der Waals surface area contributed by atoms with Gasteiger partial charge < -0.3 is 10.4 Å². The first-order chi connectivity index (χ1) is 9.88. The van der Waals surface area contributed by atoms with E-state index in [0.29, 0.717) is 15.7 Å². The van der Waals surface area contributed by atoms with Crippen molar-refractivity contribution in [2.24, 2.45) is 0 Å². The molecule has 0 aromatic heterocycles. The molecule has 0 aliphatic carbocycles. The summed E-state index contributed by atoms with van der Waals surface area (Å²) in [4.78, 5) is 23.0. The molecular weight excluding hydrogens is 341 g/mol. The maximum absolute atomic E-state index is 13.7. The Morgan fingerprint density at radius 1 is 1.19 bits per heavy atom. The van der Waals surface area contributed by atoms with Gasteiger partial charge in [-0.1, -0.05) is 22.0 Å². The smallest absolute Gasteiger partial charge is 0.335 e. The van der Waals surface area contributed by atoms with Gasteiger partial charge in [0.25, 0.3) is 5.91 Å². The summed E-state index contributed by atoms with van der Waals surface area (Å²) in [5.41, 5.74) is 0.943. The molecular formula is C15H11BrFNO3. The topological polar surface area (TPSA) is 66.4 Å². The van der Waals surface area contributed by atoms with Gasteiger partial charge in [-0.25, -0.2) is 9.18 Å². The van der Waals surface area contributed by atoms with Gasteiger partial charge in [-0.2, -0.15) is 0 Å². The minimum absolute atomic E-state index is 0.0469. The fraction of sp³-hybridized carbons (Fsp3) is 0.0667. The minimum Gasteiger partial charge on any atom is -0.478 e. The van der Waals surface area contributed by atoms with Gasteiger partial charge in [-0.15, -0.1) is 0 Å². The Kier molecular flexibility index (Phi) is 4.37. The summed E-state index contributed by atoms with van der Waals surface area (Å²) in [6.45, 7) is 1.72. The van der Waals surface area contributed by atoms with Gasteiger partial charge in [-0.3, -0.25) is 4.79 Å². The van der Waals surface area contributed by atoms with Crippen LogP contribution < -0.4 is 5.32 Å². The zero-order valence-corrected chi connectivity index (χ0v) is 12.6. The second-order valence-electron chi connectivity index (χ2n) is 4.41. The van der Waals surface area contributed by atoms with Crippen LogP contribution in [0.15, 0.2) is 40.9 Å². The molecule has 6 heteroatoms. The monoisotopic (exact) mass is 351 g/mol. The number of nitrogens with one attached hydrogen (secondary N) is 1. The number of amides is 1. The van der Waals surface area contributed by atoms with Gasteiger partial charge in [0, 0.05) is 10.2 Å². The van der Waals surface area contributed by atoms with Crippen LogP contribution in [0.3, 0.4) is 0 Å². The van der Waals surface area contributed by atoms with Gasteiger partial charge in [0.2, 0.25) is 0 Å². The summed E-state index contributed by atoms with van der Waals surface area (Å²) in [5, 5.41) is 11.5. The Hall–Kier alpha value is -2.21. The zero-order valence-electron chi connectivity index (χ0n) is 11.0. The van der Waals surface area contributed by atoms with E-state index < -0.39 is 17.7 Å². The van der Waals surface area contributed by atoms with Crippen LogP contribution in [-0.2, 0) is 0 Å². The van der Waals surface area contributed by atoms with Crippen molar-refractivity contribution in [2.45, 2.75) is 6.92 Å². The Balaban J connectivity index is 2.33. The molecule has 2 aromatic carbocycles. The summed E-state index contributed by atoms with van der Waals surface area (Å²) >= 11 is 3.17. The molecule has 2 N–H and O–H groups in total. The lowest BCUT2D eigenvalue weighted by Crippen LogP contribution is -2.15. The van der Waals surface area contributed by atoms with Crippen molar-refractivity contribution in [3.8, 4) is 0 Å². The van der Waals surface area contributed by atoms with Gasteiger partial charge in [0.1, 0.15) is 5.82 Å². The van der Waals surface area contributed by atoms with E-state index in [-0.39, 0.29) is 11.1 Å². The molecule has 0 bridgehead atoms. The molecule has 2 rings (SSSR count). The fourth-order valence-corrected chi connectivity index (χ4v) is 2.11. The number of carbonyl (C=O) groups excluding carboxylic acids is 1. The van der Waals surface area contributed by atoms with Gasteiger partial charge in [-0.05, 0) is 42.8 Å². The summed E-state index contributed by atoms with van der Waals surface area (Å²) in [5.74, 6) is -2.39. The third-order valence-electron chi connectivity index (χ3n) is 2.91. The van der Waals surface area contributed by atoms with E-state index in [0.717, 1.165) is 0 Å². The van der Waals surface area contributed by atoms with Gasteiger partial charge in [0.05, 0.1) is 11.1 Å². The number of aryl methyl sites for hydroxylation is 1. The van der Waals surface area contributed by atoms with Crippen LogP contribution in [-0.4, -0.2) is 17.0 Å². The number of carboxylic acids is 1. The Bertz CT molecular complexity index is 731. The SMILES string of the molecule is Cc1ccc(C(=O)O)cc1NC(=O)c1cc(Br)ccc1F. The number of hydrogen-bond donors (Lipinski definition) is 2. The highest BCUT2D eigenvalue weighted by atomic mass is 79.9. The molecule has 0 unspecified atom stereocenters. The van der Waals surface area contributed by atoms with Crippen LogP contribution in [0.2, 0.25) is 0 Å². The first-order valence-electron chi connectivity index (χ1n) is 5.99. The Morgan fingerprint density at radius 2 is 1.90 bits per heavy atom. The Labute approximate surface area is 128 Å². The molecule has 4 nitrogen and oxygen atoms in total. The Morgan fingerprint density at radius 3 is 2.57 bits per heavy atom. The molecule has 0 aliphatic heterocycles. The normalized spacial score (nSPS) is 10.2. The fourth-order valence-electron chi connectivity index (χ4n) is 1.75. The molecule has 0 atom stereocenters. The molecule has 0 fully saturated rings. The van der Waals surface area contributed by atoms with E-state index in [1.54, 1.807) is 13.0 Å². The lowest BCUT2D eigenvalue weighted by Gasteiger charge is -2.10. The van der Waals surface area contributed by atoms with E-state index in [1.807, 2.05) is 0 Å². The second kappa shape index (κ2) is 6.05. The van der Waals surface area contributed by atoms with Crippen molar-refractivity contribution in [2.75, 3.05) is 5.32 Å². The molecule has 0 radical (unpaired) electrons.